The van der Waals surface area contributed by atoms with E-state index in [9.17, 15) is 22.8 Å². The first-order chi connectivity index (χ1) is 10.3. The first-order valence-electron chi connectivity index (χ1n) is 6.09. The molecule has 2 heterocycles. The molecule has 114 valence electrons. The largest absolute Gasteiger partial charge is 0.480 e. The molecule has 0 aliphatic carbocycles. The fraction of sp³-hybridized carbons (Fsp3) is 0.154. The van der Waals surface area contributed by atoms with Crippen molar-refractivity contribution in [2.45, 2.75) is 12.7 Å². The van der Waals surface area contributed by atoms with E-state index in [0.717, 1.165) is 0 Å². The van der Waals surface area contributed by atoms with E-state index >= 15 is 0 Å². The predicted octanol–water partition coefficient (Wildman–Crippen LogP) is 1.75. The number of benzene rings is 1. The topological polar surface area (TPSA) is 76.6 Å². The van der Waals surface area contributed by atoms with Crippen molar-refractivity contribution in [1.82, 2.24) is 14.2 Å². The Labute approximate surface area is 120 Å². The van der Waals surface area contributed by atoms with Crippen molar-refractivity contribution < 1.29 is 23.1 Å². The lowest BCUT2D eigenvalue weighted by Gasteiger charge is -2.12. The number of carbonyl (C=O) groups is 1. The average molecular weight is 311 g/mol. The number of aromatic nitrogens is 3. The summed E-state index contributed by atoms with van der Waals surface area (Å²) in [5, 5.41) is 12.3. The second kappa shape index (κ2) is 4.58. The number of carboxylic acids is 1. The molecule has 0 saturated carbocycles. The maximum atomic E-state index is 13.2. The zero-order chi connectivity index (χ0) is 16.1. The Bertz CT molecular complexity index is 956. The van der Waals surface area contributed by atoms with Crippen molar-refractivity contribution in [3.05, 3.63) is 46.5 Å². The van der Waals surface area contributed by atoms with Crippen molar-refractivity contribution in [2.24, 2.45) is 0 Å². The number of aliphatic carboxylic acids is 1. The molecule has 0 aliphatic rings. The Balaban J connectivity index is 2.50. The highest BCUT2D eigenvalue weighted by molar-refractivity contribution is 5.87. The third-order valence-electron chi connectivity index (χ3n) is 3.13. The molecule has 0 saturated heterocycles. The molecule has 2 aromatic heterocycles. The summed E-state index contributed by atoms with van der Waals surface area (Å²) >= 11 is 0. The van der Waals surface area contributed by atoms with Crippen molar-refractivity contribution in [1.29, 1.82) is 0 Å². The summed E-state index contributed by atoms with van der Waals surface area (Å²) in [6.07, 6.45) is -4.84. The van der Waals surface area contributed by atoms with Gasteiger partial charge in [0, 0.05) is 5.39 Å². The van der Waals surface area contributed by atoms with E-state index in [1.54, 1.807) is 12.1 Å². The summed E-state index contributed by atoms with van der Waals surface area (Å²) in [6.45, 7) is -0.945. The number of para-hydroxylation sites is 1. The third-order valence-corrected chi connectivity index (χ3v) is 3.13. The number of halogens is 3. The molecule has 6 nitrogen and oxygen atoms in total. The normalized spacial score (nSPS) is 12.1. The van der Waals surface area contributed by atoms with Gasteiger partial charge in [0.25, 0.3) is 5.56 Å². The highest BCUT2D eigenvalue weighted by Crippen LogP contribution is 2.30. The van der Waals surface area contributed by atoms with Gasteiger partial charge in [0.05, 0.1) is 5.52 Å². The standard InChI is InChI=1S/C13H8F3N3O3/c14-13(15,16)12-17-18(6-10(20)21)11(22)9-5-7-3-1-2-4-8(7)19(9)12/h1-5H,6H2,(H,20,21). The van der Waals surface area contributed by atoms with Gasteiger partial charge in [0.2, 0.25) is 5.82 Å². The molecule has 0 bridgehead atoms. The number of alkyl halides is 3. The molecular weight excluding hydrogens is 303 g/mol. The van der Waals surface area contributed by atoms with Gasteiger partial charge < -0.3 is 5.11 Å². The summed E-state index contributed by atoms with van der Waals surface area (Å²) in [4.78, 5) is 22.9. The van der Waals surface area contributed by atoms with Crippen LogP contribution in [0.3, 0.4) is 0 Å². The molecule has 0 unspecified atom stereocenters. The fourth-order valence-electron chi connectivity index (χ4n) is 2.30. The Morgan fingerprint density at radius 2 is 1.91 bits per heavy atom. The maximum Gasteiger partial charge on any atom is 0.451 e. The van der Waals surface area contributed by atoms with Gasteiger partial charge in [-0.05, 0) is 12.1 Å². The van der Waals surface area contributed by atoms with Gasteiger partial charge in [-0.2, -0.15) is 13.2 Å². The van der Waals surface area contributed by atoms with Gasteiger partial charge in [-0.15, -0.1) is 5.10 Å². The quantitative estimate of drug-likeness (QED) is 0.782. The van der Waals surface area contributed by atoms with Crippen LogP contribution in [0.1, 0.15) is 5.82 Å². The minimum absolute atomic E-state index is 0.178. The smallest absolute Gasteiger partial charge is 0.451 e. The van der Waals surface area contributed by atoms with E-state index < -0.39 is 30.1 Å². The lowest BCUT2D eigenvalue weighted by Crippen LogP contribution is -2.32. The Morgan fingerprint density at radius 1 is 1.23 bits per heavy atom. The Kier molecular flexibility index (Phi) is 2.94. The molecule has 0 aliphatic heterocycles. The SMILES string of the molecule is O=C(O)Cn1nc(C(F)(F)F)n2c(cc3ccccc32)c1=O. The summed E-state index contributed by atoms with van der Waals surface area (Å²) < 4.78 is 40.7. The predicted molar refractivity (Wildman–Crippen MR) is 69.6 cm³/mol. The van der Waals surface area contributed by atoms with Crippen LogP contribution in [0, 0.1) is 0 Å². The van der Waals surface area contributed by atoms with Crippen molar-refractivity contribution in [2.75, 3.05) is 0 Å². The van der Waals surface area contributed by atoms with E-state index in [2.05, 4.69) is 5.10 Å². The molecule has 1 aromatic carbocycles. The fourth-order valence-corrected chi connectivity index (χ4v) is 2.30. The van der Waals surface area contributed by atoms with Crippen LogP contribution in [0.2, 0.25) is 0 Å². The van der Waals surface area contributed by atoms with Crippen LogP contribution < -0.4 is 5.56 Å². The molecule has 9 heteroatoms. The summed E-state index contributed by atoms with van der Waals surface area (Å²) in [7, 11) is 0. The first-order valence-corrected chi connectivity index (χ1v) is 6.09. The lowest BCUT2D eigenvalue weighted by atomic mass is 10.2. The number of fused-ring (bicyclic) bond motifs is 3. The van der Waals surface area contributed by atoms with Crippen LogP contribution in [0.15, 0.2) is 35.1 Å². The van der Waals surface area contributed by atoms with Crippen molar-refractivity contribution in [3.8, 4) is 0 Å². The molecule has 0 amide bonds. The molecule has 0 spiro atoms. The van der Waals surface area contributed by atoms with Crippen LogP contribution in [0.25, 0.3) is 16.4 Å². The highest BCUT2D eigenvalue weighted by atomic mass is 19.4. The number of hydrogen-bond donors (Lipinski definition) is 1. The molecule has 0 atom stereocenters. The van der Waals surface area contributed by atoms with E-state index in [0.29, 0.717) is 14.5 Å². The van der Waals surface area contributed by atoms with Gasteiger partial charge in [-0.3, -0.25) is 14.0 Å². The Hall–Kier alpha value is -2.84. The summed E-state index contributed by atoms with van der Waals surface area (Å²) in [6, 6.07) is 7.44. The van der Waals surface area contributed by atoms with Gasteiger partial charge in [-0.1, -0.05) is 18.2 Å². The second-order valence-electron chi connectivity index (χ2n) is 4.60. The highest BCUT2D eigenvalue weighted by Gasteiger charge is 2.37. The molecule has 0 radical (unpaired) electrons. The molecule has 1 N–H and O–H groups in total. The molecule has 22 heavy (non-hydrogen) atoms. The van der Waals surface area contributed by atoms with E-state index in [1.807, 2.05) is 0 Å². The van der Waals surface area contributed by atoms with Gasteiger partial charge >= 0.3 is 12.1 Å². The van der Waals surface area contributed by atoms with Crippen LogP contribution >= 0.6 is 0 Å². The van der Waals surface area contributed by atoms with E-state index in [1.165, 1.54) is 18.2 Å². The number of carboxylic acid groups (broad SMARTS) is 1. The zero-order valence-corrected chi connectivity index (χ0v) is 10.8. The van der Waals surface area contributed by atoms with Crippen molar-refractivity contribution in [3.63, 3.8) is 0 Å². The second-order valence-corrected chi connectivity index (χ2v) is 4.60. The van der Waals surface area contributed by atoms with Crippen LogP contribution in [-0.4, -0.2) is 25.3 Å². The molecule has 3 aromatic rings. The molecular formula is C13H8F3N3O3. The van der Waals surface area contributed by atoms with Gasteiger partial charge in [-0.25, -0.2) is 4.68 Å². The van der Waals surface area contributed by atoms with Crippen molar-refractivity contribution >= 4 is 22.4 Å². The lowest BCUT2D eigenvalue weighted by molar-refractivity contribution is -0.148. The minimum Gasteiger partial charge on any atom is -0.480 e. The van der Waals surface area contributed by atoms with Crippen LogP contribution in [-0.2, 0) is 17.5 Å². The zero-order valence-electron chi connectivity index (χ0n) is 10.8. The minimum atomic E-state index is -4.84. The number of nitrogens with zero attached hydrogens (tertiary/aromatic N) is 3. The van der Waals surface area contributed by atoms with Gasteiger partial charge in [0.15, 0.2) is 0 Å². The van der Waals surface area contributed by atoms with Crippen LogP contribution in [0.4, 0.5) is 13.2 Å². The number of rotatable bonds is 2. The molecule has 3 rings (SSSR count). The summed E-state index contributed by atoms with van der Waals surface area (Å²) in [5.41, 5.74) is -0.992. The number of hydrogen-bond acceptors (Lipinski definition) is 3. The monoisotopic (exact) mass is 311 g/mol. The van der Waals surface area contributed by atoms with E-state index in [-0.39, 0.29) is 11.0 Å². The van der Waals surface area contributed by atoms with Gasteiger partial charge in [0.1, 0.15) is 12.1 Å². The average Bonchev–Trinajstić information content (AvgIpc) is 2.80. The first kappa shape index (κ1) is 14.1. The molecule has 0 fully saturated rings. The Morgan fingerprint density at radius 3 is 2.55 bits per heavy atom. The third kappa shape index (κ3) is 2.10. The van der Waals surface area contributed by atoms with E-state index in [4.69, 9.17) is 5.11 Å². The maximum absolute atomic E-state index is 13.2. The summed E-state index contributed by atoms with van der Waals surface area (Å²) in [5.74, 6) is -2.80. The van der Waals surface area contributed by atoms with Crippen LogP contribution in [0.5, 0.6) is 0 Å².